The first-order chi connectivity index (χ1) is 9.75. The average molecular weight is 269 g/mol. The monoisotopic (exact) mass is 269 g/mol. The molecule has 1 saturated carbocycles. The third-order valence-corrected chi connectivity index (χ3v) is 3.41. The van der Waals surface area contributed by atoms with Crippen LogP contribution in [0.2, 0.25) is 0 Å². The van der Waals surface area contributed by atoms with Crippen LogP contribution in [0.4, 0.5) is 0 Å². The van der Waals surface area contributed by atoms with Gasteiger partial charge < -0.3 is 9.88 Å². The number of aromatic nitrogens is 2. The zero-order valence-corrected chi connectivity index (χ0v) is 11.0. The van der Waals surface area contributed by atoms with Crippen molar-refractivity contribution in [3.63, 3.8) is 0 Å². The fourth-order valence-corrected chi connectivity index (χ4v) is 2.18. The second-order valence-corrected chi connectivity index (χ2v) is 4.94. The van der Waals surface area contributed by atoms with Crippen molar-refractivity contribution in [2.75, 3.05) is 0 Å². The Bertz CT molecular complexity index is 662. The van der Waals surface area contributed by atoms with E-state index in [4.69, 9.17) is 0 Å². The summed E-state index contributed by atoms with van der Waals surface area (Å²) >= 11 is 0. The maximum absolute atomic E-state index is 12.5. The molecule has 102 valence electrons. The molecule has 2 aromatic heterocycles. The van der Waals surface area contributed by atoms with E-state index < -0.39 is 0 Å². The molecular formula is C15H15N3O2. The molecule has 1 amide bonds. The fourth-order valence-electron chi connectivity index (χ4n) is 2.18. The number of carbonyl (C=O) groups excluding carboxylic acids is 1. The molecule has 0 bridgehead atoms. The molecule has 1 fully saturated rings. The number of hydrogen-bond donors (Lipinski definition) is 1. The van der Waals surface area contributed by atoms with E-state index in [2.05, 4.69) is 9.97 Å². The zero-order chi connectivity index (χ0) is 13.9. The van der Waals surface area contributed by atoms with Crippen LogP contribution in [0.1, 0.15) is 28.8 Å². The highest BCUT2D eigenvalue weighted by molar-refractivity contribution is 5.94. The molecule has 5 nitrogen and oxygen atoms in total. The van der Waals surface area contributed by atoms with Gasteiger partial charge in [-0.15, -0.1) is 0 Å². The lowest BCUT2D eigenvalue weighted by atomic mass is 10.2. The third-order valence-electron chi connectivity index (χ3n) is 3.41. The summed E-state index contributed by atoms with van der Waals surface area (Å²) in [5.41, 5.74) is 0.982. The molecule has 2 heterocycles. The quantitative estimate of drug-likeness (QED) is 0.916. The van der Waals surface area contributed by atoms with Crippen LogP contribution in [0.15, 0.2) is 47.8 Å². The number of amides is 1. The number of rotatable bonds is 4. The Hall–Kier alpha value is -2.43. The first-order valence-corrected chi connectivity index (χ1v) is 6.62. The Morgan fingerprint density at radius 2 is 2.05 bits per heavy atom. The van der Waals surface area contributed by atoms with E-state index >= 15 is 0 Å². The van der Waals surface area contributed by atoms with Crippen molar-refractivity contribution in [3.8, 4) is 0 Å². The second-order valence-electron chi connectivity index (χ2n) is 4.94. The maximum Gasteiger partial charge on any atom is 0.259 e. The van der Waals surface area contributed by atoms with Crippen LogP contribution in [0.5, 0.6) is 0 Å². The van der Waals surface area contributed by atoms with Gasteiger partial charge in [-0.1, -0.05) is 0 Å². The van der Waals surface area contributed by atoms with Gasteiger partial charge in [0.1, 0.15) is 5.56 Å². The lowest BCUT2D eigenvalue weighted by molar-refractivity contribution is 0.0728. The Balaban J connectivity index is 1.86. The average Bonchev–Trinajstić information content (AvgIpc) is 3.30. The minimum atomic E-state index is -0.242. The predicted molar refractivity (Wildman–Crippen MR) is 74.2 cm³/mol. The summed E-state index contributed by atoms with van der Waals surface area (Å²) in [7, 11) is 0. The van der Waals surface area contributed by atoms with Gasteiger partial charge in [0, 0.05) is 43.4 Å². The lowest BCUT2D eigenvalue weighted by Gasteiger charge is -2.22. The molecule has 0 aliphatic heterocycles. The number of aromatic amines is 1. The number of carbonyl (C=O) groups is 1. The molecule has 0 saturated heterocycles. The molecule has 20 heavy (non-hydrogen) atoms. The molecular weight excluding hydrogens is 254 g/mol. The van der Waals surface area contributed by atoms with Crippen molar-refractivity contribution >= 4 is 5.91 Å². The Morgan fingerprint density at radius 3 is 2.70 bits per heavy atom. The predicted octanol–water partition coefficient (Wildman–Crippen LogP) is 1.57. The van der Waals surface area contributed by atoms with Gasteiger partial charge in [0.15, 0.2) is 5.43 Å². The Kier molecular flexibility index (Phi) is 3.33. The SMILES string of the molecule is O=C(c1c[nH]ccc1=O)N(Cc1ccncc1)C1CC1. The molecule has 1 aliphatic rings. The van der Waals surface area contributed by atoms with Crippen LogP contribution in [0, 0.1) is 0 Å². The van der Waals surface area contributed by atoms with E-state index in [-0.39, 0.29) is 22.9 Å². The normalized spacial score (nSPS) is 14.0. The van der Waals surface area contributed by atoms with Gasteiger partial charge in [-0.25, -0.2) is 0 Å². The first kappa shape index (κ1) is 12.6. The molecule has 3 rings (SSSR count). The molecule has 1 N–H and O–H groups in total. The summed E-state index contributed by atoms with van der Waals surface area (Å²) in [6, 6.07) is 5.40. The van der Waals surface area contributed by atoms with E-state index in [1.165, 1.54) is 18.5 Å². The van der Waals surface area contributed by atoms with E-state index in [9.17, 15) is 9.59 Å². The summed E-state index contributed by atoms with van der Waals surface area (Å²) in [6.45, 7) is 0.514. The summed E-state index contributed by atoms with van der Waals surface area (Å²) in [4.78, 5) is 32.9. The van der Waals surface area contributed by atoms with Gasteiger partial charge in [-0.3, -0.25) is 14.6 Å². The minimum absolute atomic E-state index is 0.202. The fraction of sp³-hybridized carbons (Fsp3) is 0.267. The van der Waals surface area contributed by atoms with E-state index in [1.54, 1.807) is 17.3 Å². The molecule has 5 heteroatoms. The van der Waals surface area contributed by atoms with Crippen molar-refractivity contribution in [1.82, 2.24) is 14.9 Å². The van der Waals surface area contributed by atoms with Gasteiger partial charge in [0.25, 0.3) is 5.91 Å². The van der Waals surface area contributed by atoms with Crippen molar-refractivity contribution in [2.45, 2.75) is 25.4 Å². The van der Waals surface area contributed by atoms with Crippen LogP contribution in [0.3, 0.4) is 0 Å². The summed E-state index contributed by atoms with van der Waals surface area (Å²) in [5, 5.41) is 0. The van der Waals surface area contributed by atoms with Gasteiger partial charge in [0.05, 0.1) is 0 Å². The van der Waals surface area contributed by atoms with E-state index in [0.29, 0.717) is 6.54 Å². The number of H-pyrrole nitrogens is 1. The first-order valence-electron chi connectivity index (χ1n) is 6.62. The van der Waals surface area contributed by atoms with Crippen LogP contribution in [-0.4, -0.2) is 26.8 Å². The summed E-state index contributed by atoms with van der Waals surface area (Å²) < 4.78 is 0. The highest BCUT2D eigenvalue weighted by atomic mass is 16.2. The number of hydrogen-bond acceptors (Lipinski definition) is 3. The van der Waals surface area contributed by atoms with Gasteiger partial charge in [-0.05, 0) is 30.5 Å². The third kappa shape index (κ3) is 2.61. The van der Waals surface area contributed by atoms with Crippen LogP contribution >= 0.6 is 0 Å². The second kappa shape index (κ2) is 5.28. The summed E-state index contributed by atoms with van der Waals surface area (Å²) in [6.07, 6.45) is 8.43. The maximum atomic E-state index is 12.5. The van der Waals surface area contributed by atoms with Gasteiger partial charge >= 0.3 is 0 Å². The van der Waals surface area contributed by atoms with Crippen molar-refractivity contribution in [1.29, 1.82) is 0 Å². The zero-order valence-electron chi connectivity index (χ0n) is 11.0. The Labute approximate surface area is 116 Å². The highest BCUT2D eigenvalue weighted by Gasteiger charge is 2.33. The molecule has 0 atom stereocenters. The molecule has 1 aliphatic carbocycles. The van der Waals surface area contributed by atoms with Gasteiger partial charge in [-0.2, -0.15) is 0 Å². The van der Waals surface area contributed by atoms with E-state index in [1.807, 2.05) is 12.1 Å². The molecule has 0 aromatic carbocycles. The highest BCUT2D eigenvalue weighted by Crippen LogP contribution is 2.29. The standard InChI is InChI=1S/C15H15N3O2/c19-14-5-8-17-9-13(14)15(20)18(12-1-2-12)10-11-3-6-16-7-4-11/h3-9,12H,1-2,10H2,(H,17,19). The van der Waals surface area contributed by atoms with Crippen molar-refractivity contribution < 1.29 is 4.79 Å². The van der Waals surface area contributed by atoms with Crippen LogP contribution in [0.25, 0.3) is 0 Å². The lowest BCUT2D eigenvalue weighted by Crippen LogP contribution is -2.35. The van der Waals surface area contributed by atoms with E-state index in [0.717, 1.165) is 18.4 Å². The van der Waals surface area contributed by atoms with Gasteiger partial charge in [0.2, 0.25) is 0 Å². The van der Waals surface area contributed by atoms with Crippen molar-refractivity contribution in [2.24, 2.45) is 0 Å². The molecule has 0 radical (unpaired) electrons. The molecule has 0 spiro atoms. The molecule has 2 aromatic rings. The largest absolute Gasteiger partial charge is 0.367 e. The number of nitrogens with zero attached hydrogens (tertiary/aromatic N) is 2. The van der Waals surface area contributed by atoms with Crippen LogP contribution in [-0.2, 0) is 6.54 Å². The summed E-state index contributed by atoms with van der Waals surface area (Å²) in [5.74, 6) is -0.203. The molecule has 0 unspecified atom stereocenters. The van der Waals surface area contributed by atoms with Crippen molar-refractivity contribution in [3.05, 3.63) is 64.3 Å². The number of pyridine rings is 2. The number of nitrogens with one attached hydrogen (secondary N) is 1. The minimum Gasteiger partial charge on any atom is -0.367 e. The Morgan fingerprint density at radius 1 is 1.30 bits per heavy atom. The smallest absolute Gasteiger partial charge is 0.259 e. The van der Waals surface area contributed by atoms with Crippen LogP contribution < -0.4 is 5.43 Å². The topological polar surface area (TPSA) is 66.1 Å².